The van der Waals surface area contributed by atoms with Gasteiger partial charge in [0.1, 0.15) is 93.4 Å². The fourth-order valence-electron chi connectivity index (χ4n) is 9.01. The summed E-state index contributed by atoms with van der Waals surface area (Å²) in [4.78, 5) is 13.8. The number of Topliss-reactive ketones (excluding diaryl/α,β-unsaturated/α-hetero) is 1. The van der Waals surface area contributed by atoms with Crippen LogP contribution in [0.5, 0.6) is 5.75 Å². The summed E-state index contributed by atoms with van der Waals surface area (Å²) in [5.74, 6) is -70.5. The second kappa shape index (κ2) is 22.0. The molecule has 2 nitrogen and oxygen atoms in total. The molecule has 0 unspecified atom stereocenters. The van der Waals surface area contributed by atoms with Crippen molar-refractivity contribution in [2.24, 2.45) is 0 Å². The van der Waals surface area contributed by atoms with E-state index in [0.29, 0.717) is 11.7 Å². The van der Waals surface area contributed by atoms with Crippen LogP contribution in [0.4, 0.5) is 87.8 Å². The molecule has 0 radical (unpaired) electrons. The summed E-state index contributed by atoms with van der Waals surface area (Å²) >= 11 is 0. The third kappa shape index (κ3) is 9.74. The molecule has 0 fully saturated rings. The van der Waals surface area contributed by atoms with Gasteiger partial charge in [-0.15, -0.1) is 21.9 Å². The third-order valence-corrected chi connectivity index (χ3v) is 16.6. The zero-order chi connectivity index (χ0) is 57.7. The van der Waals surface area contributed by atoms with Crippen molar-refractivity contribution in [3.8, 4) is 5.75 Å². The first-order chi connectivity index (χ1) is 36.6. The van der Waals surface area contributed by atoms with E-state index >= 15 is 35.1 Å². The van der Waals surface area contributed by atoms with Crippen molar-refractivity contribution >= 4 is 57.0 Å². The van der Waals surface area contributed by atoms with E-state index in [1.807, 2.05) is 63.2 Å². The summed E-state index contributed by atoms with van der Waals surface area (Å²) in [6.45, 7) is 6.05. The van der Waals surface area contributed by atoms with Gasteiger partial charge in [-0.3, -0.25) is 4.79 Å². The lowest BCUT2D eigenvalue weighted by molar-refractivity contribution is 0.102. The van der Waals surface area contributed by atoms with Crippen molar-refractivity contribution in [1.29, 1.82) is 0 Å². The van der Waals surface area contributed by atoms with Crippen molar-refractivity contribution < 1.29 is 97.3 Å². The summed E-state index contributed by atoms with van der Waals surface area (Å²) < 4.78 is 300. The molecule has 78 heavy (non-hydrogen) atoms. The van der Waals surface area contributed by atoms with E-state index in [2.05, 4.69) is 72.8 Å². The number of hydrogen-bond acceptors (Lipinski definition) is 2. The van der Waals surface area contributed by atoms with Crippen LogP contribution in [0.1, 0.15) is 31.1 Å². The highest BCUT2D eigenvalue weighted by atomic mass is 31.2. The van der Waals surface area contributed by atoms with Crippen LogP contribution in [-0.4, -0.2) is 23.7 Å². The molecule has 406 valence electrons. The van der Waals surface area contributed by atoms with E-state index < -0.39 is 152 Å². The fraction of sp³-hybridized carbons (Fsp3) is 0.0926. The summed E-state index contributed by atoms with van der Waals surface area (Å²) in [6, 6.07) is 39.1. The molecule has 0 aliphatic carbocycles. The third-order valence-electron chi connectivity index (χ3n) is 12.3. The predicted octanol–water partition coefficient (Wildman–Crippen LogP) is 11.9. The number of carbonyl (C=O) groups excluding carboxylic acids is 1. The summed E-state index contributed by atoms with van der Waals surface area (Å²) in [5.41, 5.74) is -13.9. The van der Waals surface area contributed by atoms with Crippen LogP contribution in [-0.2, 0) is 0 Å². The van der Waals surface area contributed by atoms with Crippen LogP contribution in [0.2, 0.25) is 0 Å². The second-order valence-electron chi connectivity index (χ2n) is 17.9. The van der Waals surface area contributed by atoms with Crippen molar-refractivity contribution in [3.63, 3.8) is 0 Å². The van der Waals surface area contributed by atoms with E-state index in [-0.39, 0.29) is 11.4 Å². The molecule has 0 aliphatic heterocycles. The first-order valence-corrected chi connectivity index (χ1v) is 24.2. The Bertz CT molecular complexity index is 3140. The lowest BCUT2D eigenvalue weighted by atomic mass is 9.12. The van der Waals surface area contributed by atoms with Crippen LogP contribution in [0.15, 0.2) is 115 Å². The Balaban J connectivity index is 0.000000237. The van der Waals surface area contributed by atoms with E-state index in [4.69, 9.17) is 4.74 Å². The quantitative estimate of drug-likeness (QED) is 0.0322. The van der Waals surface area contributed by atoms with Gasteiger partial charge < -0.3 is 4.74 Å². The fourth-order valence-corrected chi connectivity index (χ4v) is 13.1. The summed E-state index contributed by atoms with van der Waals surface area (Å²) in [6.07, 6.45) is -6.78. The van der Waals surface area contributed by atoms with Gasteiger partial charge in [-0.1, -0.05) is 54.6 Å². The SMILES string of the molecule is CC(C)(C)Oc1ccc(C(=O)C[P+](c2ccccc2)(c2ccccc2)c2ccccc2)cc1.Fc1c(F)c(F)c([B-](c2c(F)c(F)c(F)c(F)c2F)(c2c(F)c(F)c(F)c(F)c2F)c2c(F)c(F)c(F)c(F)c2F)c(F)c1F. The molecule has 0 N–H and O–H groups in total. The number of carbonyl (C=O) groups is 1. The van der Waals surface area contributed by atoms with Gasteiger partial charge in [-0.2, -0.15) is 0 Å². The van der Waals surface area contributed by atoms with Crippen LogP contribution < -0.4 is 42.5 Å². The minimum absolute atomic E-state index is 0.141. The minimum atomic E-state index is -7.22. The maximum absolute atomic E-state index is 15.4. The molecule has 8 aromatic carbocycles. The van der Waals surface area contributed by atoms with Gasteiger partial charge in [0.05, 0.1) is 0 Å². The van der Waals surface area contributed by atoms with Gasteiger partial charge in [0, 0.05) is 5.56 Å². The Morgan fingerprint density at radius 1 is 0.346 bits per heavy atom. The van der Waals surface area contributed by atoms with Crippen molar-refractivity contribution in [3.05, 3.63) is 237 Å². The number of ketones is 1. The molecule has 0 bridgehead atoms. The van der Waals surface area contributed by atoms with Gasteiger partial charge in [0.15, 0.2) is 69.8 Å². The van der Waals surface area contributed by atoms with E-state index in [1.165, 1.54) is 15.9 Å². The molecular weight excluding hydrogens is 1100 g/mol. The molecule has 8 rings (SSSR count). The molecule has 0 atom stereocenters. The Kier molecular flexibility index (Phi) is 16.4. The van der Waals surface area contributed by atoms with Crippen molar-refractivity contribution in [2.75, 3.05) is 6.16 Å². The van der Waals surface area contributed by atoms with Crippen molar-refractivity contribution in [2.45, 2.75) is 26.4 Å². The number of ether oxygens (including phenoxy) is 1. The lowest BCUT2D eigenvalue weighted by Gasteiger charge is -2.44. The molecule has 0 saturated carbocycles. The van der Waals surface area contributed by atoms with Gasteiger partial charge >= 0.3 is 0 Å². The van der Waals surface area contributed by atoms with Gasteiger partial charge in [0.25, 0.3) is 0 Å². The van der Waals surface area contributed by atoms with Crippen LogP contribution in [0, 0.1) is 116 Å². The highest BCUT2D eigenvalue weighted by Crippen LogP contribution is 2.55. The number of benzene rings is 8. The average Bonchev–Trinajstić information content (AvgIpc) is 3.50. The normalized spacial score (nSPS) is 11.9. The molecule has 0 spiro atoms. The van der Waals surface area contributed by atoms with E-state index in [9.17, 15) is 57.5 Å². The molecule has 0 aromatic heterocycles. The van der Waals surface area contributed by atoms with Crippen LogP contribution in [0.25, 0.3) is 0 Å². The van der Waals surface area contributed by atoms with Gasteiger partial charge in [-0.25, -0.2) is 87.8 Å². The first kappa shape index (κ1) is 58.0. The molecule has 8 aromatic rings. The van der Waals surface area contributed by atoms with E-state index in [1.54, 1.807) is 0 Å². The molecule has 0 heterocycles. The van der Waals surface area contributed by atoms with Gasteiger partial charge in [0.2, 0.25) is 5.78 Å². The first-order valence-electron chi connectivity index (χ1n) is 22.2. The standard InChI is InChI=1S/C30H30O2P.C24BF20/c1-30(2,3)32-25-21-19-24(20-22-25)29(31)23-33(26-13-7-4-8-14-26,27-15-9-5-10-16-27)28-17-11-6-12-18-28;26-5-1(6(27)14(35)21(42)13(5)34)25(2-7(28)15(36)22(43)16(37)8(2)29,3-9(30)17(38)23(44)18(39)10(3)31)4-11(32)19(40)24(45)20(41)12(4)33/h4-22H,23H2,1-3H3;/q+1;-1. The number of hydrogen-bond donors (Lipinski definition) is 0. The molecule has 0 saturated heterocycles. The molecule has 0 aliphatic rings. The molecular formula is C54H30BF20O2P. The molecule has 24 heteroatoms. The maximum Gasteiger partial charge on any atom is 0.201 e. The zero-order valence-electron chi connectivity index (χ0n) is 39.6. The summed E-state index contributed by atoms with van der Waals surface area (Å²) in [5, 5.41) is 3.63. The Morgan fingerprint density at radius 2 is 0.564 bits per heavy atom. The highest BCUT2D eigenvalue weighted by Gasteiger charge is 2.53. The highest BCUT2D eigenvalue weighted by molar-refractivity contribution is 7.96. The predicted molar refractivity (Wildman–Crippen MR) is 250 cm³/mol. The maximum atomic E-state index is 15.4. The zero-order valence-corrected chi connectivity index (χ0v) is 40.5. The van der Waals surface area contributed by atoms with Crippen molar-refractivity contribution in [1.82, 2.24) is 0 Å². The Morgan fingerprint density at radius 3 is 0.782 bits per heavy atom. The number of rotatable bonds is 11. The van der Waals surface area contributed by atoms with Crippen LogP contribution >= 0.6 is 7.26 Å². The topological polar surface area (TPSA) is 26.3 Å². The lowest BCUT2D eigenvalue weighted by Crippen LogP contribution is -2.81. The average molecular weight is 1130 g/mol. The minimum Gasteiger partial charge on any atom is -0.488 e. The Hall–Kier alpha value is -7.68. The molecule has 0 amide bonds. The van der Waals surface area contributed by atoms with E-state index in [0.717, 1.165) is 5.75 Å². The van der Waals surface area contributed by atoms with Crippen LogP contribution in [0.3, 0.4) is 0 Å². The Labute approximate surface area is 428 Å². The number of halogens is 20. The monoisotopic (exact) mass is 1130 g/mol. The second-order valence-corrected chi connectivity index (χ2v) is 21.4. The smallest absolute Gasteiger partial charge is 0.201 e. The summed E-state index contributed by atoms with van der Waals surface area (Å²) in [7, 11) is -2.20. The largest absolute Gasteiger partial charge is 0.488 e. The van der Waals surface area contributed by atoms with Gasteiger partial charge in [-0.05, 0) is 81.4 Å².